The van der Waals surface area contributed by atoms with E-state index in [1.54, 1.807) is 0 Å². The minimum atomic E-state index is -1.68. The van der Waals surface area contributed by atoms with E-state index < -0.39 is 91.5 Å². The van der Waals surface area contributed by atoms with Gasteiger partial charge in [0.25, 0.3) is 5.91 Å². The molecule has 13 atom stereocenters. The van der Waals surface area contributed by atoms with Crippen LogP contribution in [0.15, 0.2) is 0 Å². The van der Waals surface area contributed by atoms with Crippen LogP contribution in [-0.2, 0) is 23.7 Å². The van der Waals surface area contributed by atoms with Gasteiger partial charge in [0.15, 0.2) is 12.6 Å². The first-order valence-electron chi connectivity index (χ1n) is 15.1. The van der Waals surface area contributed by atoms with E-state index in [4.69, 9.17) is 47.6 Å². The lowest BCUT2D eigenvalue weighted by Gasteiger charge is -2.49. The Morgan fingerprint density at radius 2 is 1.63 bits per heavy atom. The van der Waals surface area contributed by atoms with Crippen LogP contribution < -0.4 is 39.3 Å². The van der Waals surface area contributed by atoms with Gasteiger partial charge in [-0.2, -0.15) is 0 Å². The third kappa shape index (κ3) is 8.00. The summed E-state index contributed by atoms with van der Waals surface area (Å²) in [6.45, 7) is 1.26. The molecule has 0 bridgehead atoms. The fourth-order valence-corrected chi connectivity index (χ4v) is 6.22. The number of nitrogens with one attached hydrogen (secondary N) is 2. The highest BCUT2D eigenvalue weighted by Gasteiger charge is 2.53. The van der Waals surface area contributed by atoms with Crippen LogP contribution in [0.2, 0.25) is 0 Å². The molecule has 2 saturated heterocycles. The quantitative estimate of drug-likeness (QED) is 0.0902. The van der Waals surface area contributed by atoms with Crippen molar-refractivity contribution in [1.82, 2.24) is 10.6 Å². The first-order valence-corrected chi connectivity index (χ1v) is 15.1. The van der Waals surface area contributed by atoms with Gasteiger partial charge >= 0.3 is 0 Å². The molecule has 17 N–H and O–H groups in total. The van der Waals surface area contributed by atoms with Crippen molar-refractivity contribution in [2.45, 2.75) is 130 Å². The topological polar surface area (TPSA) is 309 Å². The van der Waals surface area contributed by atoms with E-state index in [0.29, 0.717) is 25.9 Å². The predicted octanol–water partition coefficient (Wildman–Crippen LogP) is -6.28. The lowest BCUT2D eigenvalue weighted by Crippen LogP contribution is -2.70. The standard InChI is InChI=1S/C26H51N7O10/c27-4-1-5-32-9-12-2-3-13(29)23(40-12)42-21-14(30)6-15(33-25(38)26(39)7-11(28)8-26)22(20(21)37)43-24-19(36)17(31)18(35)16(10-34)41-24/h11-24,32,34-37,39H,1-10,27-31H2,(H,33,38)/t11?,12-,13+,14-,15+,16+,17-,18+,19+,20-,21?,22-,23+,24+,26?/m0/s1. The van der Waals surface area contributed by atoms with Gasteiger partial charge in [0.2, 0.25) is 0 Å². The van der Waals surface area contributed by atoms with Crippen molar-refractivity contribution in [3.05, 3.63) is 0 Å². The van der Waals surface area contributed by atoms with Crippen LogP contribution in [0.3, 0.4) is 0 Å². The van der Waals surface area contributed by atoms with Gasteiger partial charge in [-0.3, -0.25) is 4.79 Å². The molecule has 2 heterocycles. The highest BCUT2D eigenvalue weighted by molar-refractivity contribution is 5.86. The van der Waals surface area contributed by atoms with Crippen LogP contribution in [0.1, 0.15) is 38.5 Å². The monoisotopic (exact) mass is 621 g/mol. The molecule has 4 fully saturated rings. The molecule has 0 aromatic heterocycles. The highest BCUT2D eigenvalue weighted by Crippen LogP contribution is 2.34. The van der Waals surface area contributed by atoms with Crippen molar-refractivity contribution in [2.75, 3.05) is 26.2 Å². The van der Waals surface area contributed by atoms with Crippen molar-refractivity contribution in [3.8, 4) is 0 Å². The maximum Gasteiger partial charge on any atom is 0.252 e. The second kappa shape index (κ2) is 15.0. The summed E-state index contributed by atoms with van der Waals surface area (Å²) < 4.78 is 23.9. The SMILES string of the molecule is NCCCNC[C@@H]1CC[C@@H](N)[C@@H](OC2[C@@H](N)C[C@@H](NC(=O)C3(O)CC(N)C3)[C@H](O[C@H]3O[C@H](CO)[C@@H](O)[C@H](N)[C@H]3O)[C@H]2O)O1. The summed E-state index contributed by atoms with van der Waals surface area (Å²) in [6, 6.07) is -3.86. The average molecular weight is 622 g/mol. The molecule has 0 radical (unpaired) electrons. The van der Waals surface area contributed by atoms with Crippen LogP contribution in [0.4, 0.5) is 0 Å². The molecule has 43 heavy (non-hydrogen) atoms. The number of carbonyl (C=O) groups excluding carboxylic acids is 1. The van der Waals surface area contributed by atoms with Gasteiger partial charge in [0, 0.05) is 31.5 Å². The number of carbonyl (C=O) groups is 1. The van der Waals surface area contributed by atoms with Crippen molar-refractivity contribution >= 4 is 5.91 Å². The summed E-state index contributed by atoms with van der Waals surface area (Å²) in [7, 11) is 0. The zero-order valence-electron chi connectivity index (χ0n) is 24.3. The summed E-state index contributed by atoms with van der Waals surface area (Å²) in [5.74, 6) is -0.709. The van der Waals surface area contributed by atoms with E-state index >= 15 is 0 Å². The average Bonchev–Trinajstić information content (AvgIpc) is 2.95. The molecular weight excluding hydrogens is 570 g/mol. The Labute approximate surface area is 250 Å². The van der Waals surface area contributed by atoms with Crippen molar-refractivity contribution in [3.63, 3.8) is 0 Å². The van der Waals surface area contributed by atoms with Crippen LogP contribution in [-0.4, -0.2) is 149 Å². The van der Waals surface area contributed by atoms with Gasteiger partial charge in [-0.15, -0.1) is 0 Å². The van der Waals surface area contributed by atoms with Crippen LogP contribution >= 0.6 is 0 Å². The van der Waals surface area contributed by atoms with Gasteiger partial charge in [0.1, 0.15) is 42.2 Å². The molecule has 17 nitrogen and oxygen atoms in total. The predicted molar refractivity (Wildman–Crippen MR) is 151 cm³/mol. The second-order valence-electron chi connectivity index (χ2n) is 12.4. The number of aliphatic hydroxyl groups excluding tert-OH is 4. The molecule has 4 aliphatic rings. The Morgan fingerprint density at radius 1 is 0.930 bits per heavy atom. The smallest absolute Gasteiger partial charge is 0.252 e. The molecular formula is C26H51N7O10. The fourth-order valence-electron chi connectivity index (χ4n) is 6.22. The number of hydrogen-bond donors (Lipinski definition) is 12. The maximum absolute atomic E-state index is 13.0. The Morgan fingerprint density at radius 3 is 2.28 bits per heavy atom. The molecule has 17 heteroatoms. The Bertz CT molecular complexity index is 902. The zero-order valence-corrected chi connectivity index (χ0v) is 24.3. The van der Waals surface area contributed by atoms with Gasteiger partial charge in [-0.25, -0.2) is 0 Å². The van der Waals surface area contributed by atoms with Gasteiger partial charge < -0.3 is 83.8 Å². The van der Waals surface area contributed by atoms with Crippen molar-refractivity contribution < 1.29 is 49.3 Å². The molecule has 2 aliphatic carbocycles. The first-order chi connectivity index (χ1) is 20.4. The highest BCUT2D eigenvalue weighted by atomic mass is 16.7. The normalized spacial score (nSPS) is 47.1. The van der Waals surface area contributed by atoms with E-state index in [2.05, 4.69) is 10.6 Å². The number of nitrogens with two attached hydrogens (primary N) is 5. The van der Waals surface area contributed by atoms with Gasteiger partial charge in [-0.1, -0.05) is 0 Å². The molecule has 1 amide bonds. The molecule has 250 valence electrons. The van der Waals surface area contributed by atoms with E-state index in [9.17, 15) is 30.3 Å². The summed E-state index contributed by atoms with van der Waals surface area (Å²) in [6.07, 6.45) is -8.27. The lowest BCUT2D eigenvalue weighted by atomic mass is 9.75. The molecule has 4 rings (SSSR count). The Hall–Kier alpha value is -1.13. The summed E-state index contributed by atoms with van der Waals surface area (Å²) >= 11 is 0. The summed E-state index contributed by atoms with van der Waals surface area (Å²) in [5.41, 5.74) is 28.4. The molecule has 0 spiro atoms. The minimum Gasteiger partial charge on any atom is -0.394 e. The summed E-state index contributed by atoms with van der Waals surface area (Å²) in [4.78, 5) is 13.0. The maximum atomic E-state index is 13.0. The van der Waals surface area contributed by atoms with E-state index in [1.807, 2.05) is 0 Å². The molecule has 0 aromatic carbocycles. The van der Waals surface area contributed by atoms with Crippen LogP contribution in [0.5, 0.6) is 0 Å². The Balaban J connectivity index is 1.49. The van der Waals surface area contributed by atoms with E-state index in [0.717, 1.165) is 13.0 Å². The number of ether oxygens (including phenoxy) is 4. The molecule has 1 unspecified atom stereocenters. The van der Waals surface area contributed by atoms with Gasteiger partial charge in [-0.05, 0) is 38.8 Å². The second-order valence-corrected chi connectivity index (χ2v) is 12.4. The molecule has 2 saturated carbocycles. The van der Waals surface area contributed by atoms with Gasteiger partial charge in [0.05, 0.1) is 30.8 Å². The largest absolute Gasteiger partial charge is 0.394 e. The minimum absolute atomic E-state index is 0.0349. The summed E-state index contributed by atoms with van der Waals surface area (Å²) in [5, 5.41) is 58.9. The first kappa shape index (κ1) is 34.7. The van der Waals surface area contributed by atoms with E-state index in [1.165, 1.54) is 0 Å². The van der Waals surface area contributed by atoms with Crippen molar-refractivity contribution in [1.29, 1.82) is 0 Å². The number of amides is 1. The third-order valence-corrected chi connectivity index (χ3v) is 8.90. The number of aliphatic hydroxyl groups is 5. The zero-order chi connectivity index (χ0) is 31.5. The third-order valence-electron chi connectivity index (χ3n) is 8.90. The van der Waals surface area contributed by atoms with E-state index in [-0.39, 0.29) is 31.4 Å². The Kier molecular flexibility index (Phi) is 12.1. The number of hydrogen-bond acceptors (Lipinski definition) is 16. The van der Waals surface area contributed by atoms with Crippen LogP contribution in [0, 0.1) is 0 Å². The molecule has 0 aromatic rings. The number of rotatable bonds is 12. The van der Waals surface area contributed by atoms with Crippen LogP contribution in [0.25, 0.3) is 0 Å². The van der Waals surface area contributed by atoms with Crippen molar-refractivity contribution in [2.24, 2.45) is 28.7 Å². The molecule has 2 aliphatic heterocycles. The lowest BCUT2D eigenvalue weighted by molar-refractivity contribution is -0.314. The fraction of sp³-hybridized carbons (Fsp3) is 0.962.